The summed E-state index contributed by atoms with van der Waals surface area (Å²) in [7, 11) is 0. The molecule has 0 amide bonds. The Balaban J connectivity index is 2.26. The third-order valence-electron chi connectivity index (χ3n) is 2.65. The maximum absolute atomic E-state index is 10.8. The number of ether oxygens (including phenoxy) is 1. The van der Waals surface area contributed by atoms with Crippen LogP contribution in [0.15, 0.2) is 12.3 Å². The molecule has 82 valence electrons. The number of aryl methyl sites for hydroxylation is 1. The van der Waals surface area contributed by atoms with Crippen molar-refractivity contribution in [2.75, 3.05) is 6.61 Å². The second-order valence-electron chi connectivity index (χ2n) is 3.72. The predicted molar refractivity (Wildman–Crippen MR) is 61.2 cm³/mol. The number of rotatable bonds is 1. The summed E-state index contributed by atoms with van der Waals surface area (Å²) in [5, 5.41) is 5.13. The molecule has 5 heteroatoms. The van der Waals surface area contributed by atoms with Crippen LogP contribution >= 0.6 is 11.3 Å². The summed E-state index contributed by atoms with van der Waals surface area (Å²) in [6.07, 6.45) is 2.71. The van der Waals surface area contributed by atoms with Crippen molar-refractivity contribution >= 4 is 17.6 Å². The number of hydrogen-bond acceptors (Lipinski definition) is 4. The Bertz CT molecular complexity index is 556. The molecule has 2 aromatic heterocycles. The van der Waals surface area contributed by atoms with Gasteiger partial charge in [0, 0.05) is 0 Å². The molecule has 1 aliphatic rings. The smallest absolute Gasteiger partial charge is 0.183 e. The van der Waals surface area contributed by atoms with Crippen LogP contribution in [0.1, 0.15) is 15.2 Å². The van der Waals surface area contributed by atoms with Gasteiger partial charge in [0.2, 0.25) is 0 Å². The minimum absolute atomic E-state index is 0.597. The molecule has 0 N–H and O–H groups in total. The molecular formula is C11H10N2O2S. The monoisotopic (exact) mass is 234 g/mol. The summed E-state index contributed by atoms with van der Waals surface area (Å²) in [6.45, 7) is 3.37. The third-order valence-corrected chi connectivity index (χ3v) is 3.62. The van der Waals surface area contributed by atoms with E-state index in [-0.39, 0.29) is 0 Å². The molecule has 0 radical (unpaired) electrons. The summed E-state index contributed by atoms with van der Waals surface area (Å²) >= 11 is 1.39. The Hall–Kier alpha value is -1.62. The first kappa shape index (κ1) is 9.59. The minimum atomic E-state index is 0.597. The van der Waals surface area contributed by atoms with E-state index in [1.165, 1.54) is 11.3 Å². The van der Waals surface area contributed by atoms with Gasteiger partial charge in [-0.3, -0.25) is 9.48 Å². The molecule has 0 saturated carbocycles. The van der Waals surface area contributed by atoms with E-state index in [1.54, 1.807) is 0 Å². The lowest BCUT2D eigenvalue weighted by Crippen LogP contribution is -2.06. The first-order valence-electron chi connectivity index (χ1n) is 5.04. The molecule has 0 bridgehead atoms. The number of carbonyl (C=O) groups is 1. The standard InChI is InChI=1S/C11H10N2O2S/c1-7-5-12-13-2-3-15-11-9(10(7)13)4-8(6-14)16-11/h4-6H,2-3H2,1H3. The first-order chi connectivity index (χ1) is 7.79. The van der Waals surface area contributed by atoms with E-state index in [1.807, 2.05) is 23.9 Å². The van der Waals surface area contributed by atoms with Crippen LogP contribution in [0, 0.1) is 6.92 Å². The Labute approximate surface area is 96.5 Å². The molecule has 0 unspecified atom stereocenters. The number of carbonyl (C=O) groups excluding carboxylic acids is 1. The van der Waals surface area contributed by atoms with E-state index in [0.717, 1.165) is 34.7 Å². The van der Waals surface area contributed by atoms with Crippen molar-refractivity contribution < 1.29 is 9.53 Å². The van der Waals surface area contributed by atoms with E-state index in [4.69, 9.17) is 4.74 Å². The van der Waals surface area contributed by atoms with Crippen molar-refractivity contribution in [2.24, 2.45) is 0 Å². The highest BCUT2D eigenvalue weighted by atomic mass is 32.1. The normalized spacial score (nSPS) is 13.6. The van der Waals surface area contributed by atoms with E-state index in [0.29, 0.717) is 11.5 Å². The van der Waals surface area contributed by atoms with Gasteiger partial charge in [0.25, 0.3) is 0 Å². The van der Waals surface area contributed by atoms with Gasteiger partial charge in [-0.1, -0.05) is 11.3 Å². The summed E-state index contributed by atoms with van der Waals surface area (Å²) in [5.41, 5.74) is 3.17. The van der Waals surface area contributed by atoms with Gasteiger partial charge in [0.1, 0.15) is 6.61 Å². The van der Waals surface area contributed by atoms with Gasteiger partial charge in [-0.05, 0) is 18.6 Å². The number of aromatic nitrogens is 2. The van der Waals surface area contributed by atoms with E-state index in [9.17, 15) is 4.79 Å². The number of aldehydes is 1. The second kappa shape index (κ2) is 3.45. The largest absolute Gasteiger partial charge is 0.481 e. The van der Waals surface area contributed by atoms with Crippen molar-refractivity contribution in [3.8, 4) is 16.3 Å². The van der Waals surface area contributed by atoms with Crippen LogP contribution in [0.2, 0.25) is 0 Å². The molecule has 0 atom stereocenters. The van der Waals surface area contributed by atoms with Gasteiger partial charge in [0.05, 0.1) is 28.9 Å². The highest BCUT2D eigenvalue weighted by Gasteiger charge is 2.21. The summed E-state index contributed by atoms with van der Waals surface area (Å²) < 4.78 is 7.56. The molecule has 0 spiro atoms. The molecule has 0 aromatic carbocycles. The third kappa shape index (κ3) is 1.28. The lowest BCUT2D eigenvalue weighted by molar-refractivity contribution is 0.112. The quantitative estimate of drug-likeness (QED) is 0.710. The van der Waals surface area contributed by atoms with Crippen LogP contribution in [-0.4, -0.2) is 22.7 Å². The number of thiophene rings is 1. The van der Waals surface area contributed by atoms with Crippen molar-refractivity contribution in [1.82, 2.24) is 9.78 Å². The molecule has 0 saturated heterocycles. The van der Waals surface area contributed by atoms with Crippen molar-refractivity contribution in [3.05, 3.63) is 22.7 Å². The molecule has 0 aliphatic carbocycles. The Kier molecular flexibility index (Phi) is 2.07. The number of fused-ring (bicyclic) bond motifs is 3. The fraction of sp³-hybridized carbons (Fsp3) is 0.273. The molecule has 3 rings (SSSR count). The zero-order chi connectivity index (χ0) is 11.1. The van der Waals surface area contributed by atoms with Gasteiger partial charge in [-0.25, -0.2) is 0 Å². The zero-order valence-electron chi connectivity index (χ0n) is 8.77. The highest BCUT2D eigenvalue weighted by Crippen LogP contribution is 2.40. The molecule has 1 aliphatic heterocycles. The first-order valence-corrected chi connectivity index (χ1v) is 5.86. The highest BCUT2D eigenvalue weighted by molar-refractivity contribution is 7.16. The van der Waals surface area contributed by atoms with E-state index >= 15 is 0 Å². The van der Waals surface area contributed by atoms with Crippen LogP contribution in [0.3, 0.4) is 0 Å². The zero-order valence-corrected chi connectivity index (χ0v) is 9.58. The van der Waals surface area contributed by atoms with Crippen LogP contribution < -0.4 is 4.74 Å². The average Bonchev–Trinajstić information content (AvgIpc) is 2.79. The van der Waals surface area contributed by atoms with Gasteiger partial charge < -0.3 is 4.74 Å². The fourth-order valence-corrected chi connectivity index (χ4v) is 2.79. The van der Waals surface area contributed by atoms with Gasteiger partial charge in [-0.15, -0.1) is 0 Å². The van der Waals surface area contributed by atoms with E-state index < -0.39 is 0 Å². The lowest BCUT2D eigenvalue weighted by atomic mass is 10.1. The predicted octanol–water partition coefficient (Wildman–Crippen LogP) is 2.12. The van der Waals surface area contributed by atoms with Crippen LogP contribution in [0.4, 0.5) is 0 Å². The molecule has 2 aromatic rings. The van der Waals surface area contributed by atoms with E-state index in [2.05, 4.69) is 5.10 Å². The summed E-state index contributed by atoms with van der Waals surface area (Å²) in [5.74, 6) is 0. The van der Waals surface area contributed by atoms with Crippen molar-refractivity contribution in [3.63, 3.8) is 0 Å². The van der Waals surface area contributed by atoms with Crippen LogP contribution in [0.5, 0.6) is 5.06 Å². The maximum Gasteiger partial charge on any atom is 0.183 e. The van der Waals surface area contributed by atoms with Crippen molar-refractivity contribution in [1.29, 1.82) is 0 Å². The second-order valence-corrected chi connectivity index (χ2v) is 4.76. The van der Waals surface area contributed by atoms with Gasteiger partial charge >= 0.3 is 0 Å². The molecular weight excluding hydrogens is 224 g/mol. The lowest BCUT2D eigenvalue weighted by Gasteiger charge is -2.01. The molecule has 4 nitrogen and oxygen atoms in total. The topological polar surface area (TPSA) is 44.1 Å². The summed E-state index contributed by atoms with van der Waals surface area (Å²) in [4.78, 5) is 11.5. The number of nitrogens with zero attached hydrogens (tertiary/aromatic N) is 2. The van der Waals surface area contributed by atoms with Crippen molar-refractivity contribution in [2.45, 2.75) is 13.5 Å². The Morgan fingerprint density at radius 3 is 3.31 bits per heavy atom. The SMILES string of the molecule is Cc1cnn2c1-c1cc(C=O)sc1OCC2. The molecule has 16 heavy (non-hydrogen) atoms. The number of hydrogen-bond donors (Lipinski definition) is 0. The maximum atomic E-state index is 10.8. The molecule has 0 fully saturated rings. The Morgan fingerprint density at radius 2 is 2.50 bits per heavy atom. The van der Waals surface area contributed by atoms with Gasteiger partial charge in [-0.2, -0.15) is 5.10 Å². The van der Waals surface area contributed by atoms with Crippen LogP contribution in [0.25, 0.3) is 11.3 Å². The summed E-state index contributed by atoms with van der Waals surface area (Å²) in [6, 6.07) is 1.87. The Morgan fingerprint density at radius 1 is 1.62 bits per heavy atom. The minimum Gasteiger partial charge on any atom is -0.481 e. The molecule has 3 heterocycles. The fourth-order valence-electron chi connectivity index (χ4n) is 1.95. The van der Waals surface area contributed by atoms with Gasteiger partial charge in [0.15, 0.2) is 11.3 Å². The van der Waals surface area contributed by atoms with Crippen LogP contribution in [-0.2, 0) is 6.54 Å². The average molecular weight is 234 g/mol.